The van der Waals surface area contributed by atoms with E-state index in [4.69, 9.17) is 0 Å². The van der Waals surface area contributed by atoms with Crippen LogP contribution in [0.15, 0.2) is 16.0 Å². The Kier molecular flexibility index (Phi) is 3.73. The van der Waals surface area contributed by atoms with Crippen molar-refractivity contribution in [3.8, 4) is 0 Å². The van der Waals surface area contributed by atoms with Gasteiger partial charge in [0.2, 0.25) is 0 Å². The molecule has 0 aromatic carbocycles. The van der Waals surface area contributed by atoms with Gasteiger partial charge in [0.15, 0.2) is 5.78 Å². The first-order valence-corrected chi connectivity index (χ1v) is 6.94. The Morgan fingerprint density at radius 2 is 2.35 bits per heavy atom. The number of carbonyl (C=O) groups is 1. The predicted molar refractivity (Wildman–Crippen MR) is 70.5 cm³/mol. The number of ketones is 1. The fourth-order valence-electron chi connectivity index (χ4n) is 1.62. The normalized spacial score (nSPS) is 10.8. The van der Waals surface area contributed by atoms with Gasteiger partial charge in [-0.15, -0.1) is 11.3 Å². The number of aromatic nitrogens is 3. The molecule has 17 heavy (non-hydrogen) atoms. The standard InChI is InChI=1S/C11H12BrN3OS/c1-3-15-11(9(12)5-13-15)10(16)4-8-6-17-7(2)14-8/h5-6H,3-4H2,1-2H3. The highest BCUT2D eigenvalue weighted by Gasteiger charge is 2.17. The van der Waals surface area contributed by atoms with Crippen molar-refractivity contribution in [2.24, 2.45) is 0 Å². The zero-order chi connectivity index (χ0) is 12.4. The number of thiazole rings is 1. The summed E-state index contributed by atoms with van der Waals surface area (Å²) in [5.41, 5.74) is 1.45. The van der Waals surface area contributed by atoms with Gasteiger partial charge in [0.1, 0.15) is 5.69 Å². The van der Waals surface area contributed by atoms with Crippen molar-refractivity contribution in [1.82, 2.24) is 14.8 Å². The molecule has 0 atom stereocenters. The lowest BCUT2D eigenvalue weighted by Gasteiger charge is -2.03. The smallest absolute Gasteiger partial charge is 0.187 e. The summed E-state index contributed by atoms with van der Waals surface area (Å²) in [5, 5.41) is 7.04. The quantitative estimate of drug-likeness (QED) is 0.815. The van der Waals surface area contributed by atoms with Gasteiger partial charge in [-0.2, -0.15) is 5.10 Å². The molecule has 4 nitrogen and oxygen atoms in total. The molecule has 0 aliphatic heterocycles. The molecule has 0 bridgehead atoms. The minimum atomic E-state index is 0.0431. The largest absolute Gasteiger partial charge is 0.292 e. The average molecular weight is 314 g/mol. The van der Waals surface area contributed by atoms with Gasteiger partial charge in [-0.3, -0.25) is 9.48 Å². The Bertz CT molecular complexity index is 547. The van der Waals surface area contributed by atoms with E-state index >= 15 is 0 Å². The second kappa shape index (κ2) is 5.10. The van der Waals surface area contributed by atoms with Crippen LogP contribution < -0.4 is 0 Å². The van der Waals surface area contributed by atoms with Crippen LogP contribution in [-0.4, -0.2) is 20.5 Å². The Balaban J connectivity index is 2.22. The van der Waals surface area contributed by atoms with Gasteiger partial charge >= 0.3 is 0 Å². The maximum atomic E-state index is 12.2. The monoisotopic (exact) mass is 313 g/mol. The van der Waals surface area contributed by atoms with E-state index < -0.39 is 0 Å². The Labute approximate surface area is 112 Å². The number of halogens is 1. The highest BCUT2D eigenvalue weighted by Crippen LogP contribution is 2.19. The molecule has 2 aromatic rings. The third-order valence-electron chi connectivity index (χ3n) is 2.37. The first-order chi connectivity index (χ1) is 8.11. The highest BCUT2D eigenvalue weighted by molar-refractivity contribution is 9.10. The van der Waals surface area contributed by atoms with Gasteiger partial charge in [-0.05, 0) is 29.8 Å². The molecule has 0 N–H and O–H groups in total. The van der Waals surface area contributed by atoms with E-state index in [0.717, 1.165) is 15.2 Å². The molecular formula is C11H12BrN3OS. The molecule has 0 spiro atoms. The summed E-state index contributed by atoms with van der Waals surface area (Å²) in [5.74, 6) is 0.0431. The number of nitrogens with zero attached hydrogens (tertiary/aromatic N) is 3. The SMILES string of the molecule is CCn1ncc(Br)c1C(=O)Cc1csc(C)n1. The first-order valence-electron chi connectivity index (χ1n) is 5.27. The molecule has 0 fully saturated rings. The van der Waals surface area contributed by atoms with Gasteiger partial charge in [-0.25, -0.2) is 4.98 Å². The second-order valence-electron chi connectivity index (χ2n) is 3.61. The van der Waals surface area contributed by atoms with Crippen molar-refractivity contribution in [3.05, 3.63) is 32.4 Å². The molecule has 0 saturated carbocycles. The minimum absolute atomic E-state index is 0.0431. The molecule has 2 rings (SSSR count). The molecule has 2 heterocycles. The van der Waals surface area contributed by atoms with Crippen molar-refractivity contribution in [2.75, 3.05) is 0 Å². The van der Waals surface area contributed by atoms with E-state index in [9.17, 15) is 4.79 Å². The molecule has 0 amide bonds. The first kappa shape index (κ1) is 12.4. The van der Waals surface area contributed by atoms with Gasteiger partial charge < -0.3 is 0 Å². The van der Waals surface area contributed by atoms with Crippen LogP contribution >= 0.6 is 27.3 Å². The van der Waals surface area contributed by atoms with E-state index in [1.165, 1.54) is 0 Å². The van der Waals surface area contributed by atoms with Crippen molar-refractivity contribution in [2.45, 2.75) is 26.8 Å². The summed E-state index contributed by atoms with van der Waals surface area (Å²) in [6.07, 6.45) is 1.98. The van der Waals surface area contributed by atoms with Crippen LogP contribution in [-0.2, 0) is 13.0 Å². The zero-order valence-electron chi connectivity index (χ0n) is 9.61. The van der Waals surface area contributed by atoms with Crippen molar-refractivity contribution in [1.29, 1.82) is 0 Å². The van der Waals surface area contributed by atoms with Crippen LogP contribution in [0.3, 0.4) is 0 Å². The molecule has 90 valence electrons. The van der Waals surface area contributed by atoms with Crippen LogP contribution in [0.1, 0.15) is 28.1 Å². The Hall–Kier alpha value is -1.01. The summed E-state index contributed by atoms with van der Waals surface area (Å²) >= 11 is 4.92. The molecule has 0 aliphatic carbocycles. The number of rotatable bonds is 4. The number of carbonyl (C=O) groups excluding carboxylic acids is 1. The third-order valence-corrected chi connectivity index (χ3v) is 3.77. The van der Waals surface area contributed by atoms with Gasteiger partial charge in [0.25, 0.3) is 0 Å². The molecule has 2 aromatic heterocycles. The summed E-state index contributed by atoms with van der Waals surface area (Å²) < 4.78 is 2.45. The summed E-state index contributed by atoms with van der Waals surface area (Å²) in [6, 6.07) is 0. The van der Waals surface area contributed by atoms with Crippen LogP contribution in [0.5, 0.6) is 0 Å². The zero-order valence-corrected chi connectivity index (χ0v) is 12.0. The van der Waals surface area contributed by atoms with Crippen LogP contribution in [0.2, 0.25) is 0 Å². The van der Waals surface area contributed by atoms with E-state index in [2.05, 4.69) is 26.0 Å². The van der Waals surface area contributed by atoms with E-state index in [1.54, 1.807) is 22.2 Å². The van der Waals surface area contributed by atoms with Crippen molar-refractivity contribution < 1.29 is 4.79 Å². The van der Waals surface area contributed by atoms with Crippen LogP contribution in [0, 0.1) is 6.92 Å². The molecule has 6 heteroatoms. The maximum absolute atomic E-state index is 12.2. The second-order valence-corrected chi connectivity index (χ2v) is 5.53. The molecule has 0 unspecified atom stereocenters. The molecule has 0 saturated heterocycles. The van der Waals surface area contributed by atoms with Crippen LogP contribution in [0.25, 0.3) is 0 Å². The lowest BCUT2D eigenvalue weighted by atomic mass is 10.2. The van der Waals surface area contributed by atoms with Crippen molar-refractivity contribution in [3.63, 3.8) is 0 Å². The van der Waals surface area contributed by atoms with Gasteiger partial charge in [-0.1, -0.05) is 0 Å². The van der Waals surface area contributed by atoms with Gasteiger partial charge in [0, 0.05) is 11.9 Å². The van der Waals surface area contributed by atoms with Gasteiger partial charge in [0.05, 0.1) is 27.8 Å². The number of hydrogen-bond acceptors (Lipinski definition) is 4. The minimum Gasteiger partial charge on any atom is -0.292 e. The maximum Gasteiger partial charge on any atom is 0.187 e. The van der Waals surface area contributed by atoms with Crippen LogP contribution in [0.4, 0.5) is 0 Å². The van der Waals surface area contributed by atoms with E-state index in [0.29, 0.717) is 18.7 Å². The summed E-state index contributed by atoms with van der Waals surface area (Å²) in [7, 11) is 0. The number of aryl methyl sites for hydroxylation is 2. The number of hydrogen-bond donors (Lipinski definition) is 0. The molecule has 0 radical (unpaired) electrons. The molecular weight excluding hydrogens is 302 g/mol. The summed E-state index contributed by atoms with van der Waals surface area (Å²) in [6.45, 7) is 4.58. The Morgan fingerprint density at radius 3 is 2.94 bits per heavy atom. The van der Waals surface area contributed by atoms with E-state index in [1.807, 2.05) is 19.2 Å². The fourth-order valence-corrected chi connectivity index (χ4v) is 2.75. The lowest BCUT2D eigenvalue weighted by Crippen LogP contribution is -2.12. The highest BCUT2D eigenvalue weighted by atomic mass is 79.9. The predicted octanol–water partition coefficient (Wildman–Crippen LogP) is 2.86. The molecule has 0 aliphatic rings. The average Bonchev–Trinajstić information content (AvgIpc) is 2.84. The number of Topliss-reactive ketones (excluding diaryl/α,β-unsaturated/α-hetero) is 1. The lowest BCUT2D eigenvalue weighted by molar-refractivity contribution is 0.0981. The Morgan fingerprint density at radius 1 is 1.59 bits per heavy atom. The summed E-state index contributed by atoms with van der Waals surface area (Å²) in [4.78, 5) is 16.5. The topological polar surface area (TPSA) is 47.8 Å². The van der Waals surface area contributed by atoms with E-state index in [-0.39, 0.29) is 5.78 Å². The third kappa shape index (κ3) is 2.63. The van der Waals surface area contributed by atoms with Crippen molar-refractivity contribution >= 4 is 33.0 Å². The fraction of sp³-hybridized carbons (Fsp3) is 0.364.